The van der Waals surface area contributed by atoms with E-state index in [-0.39, 0.29) is 30.7 Å². The minimum Gasteiger partial charge on any atom is -0.493 e. The van der Waals surface area contributed by atoms with Crippen molar-refractivity contribution in [2.24, 2.45) is 17.8 Å². The lowest BCUT2D eigenvalue weighted by molar-refractivity contribution is -0.134. The van der Waals surface area contributed by atoms with E-state index < -0.39 is 30.2 Å². The highest BCUT2D eigenvalue weighted by molar-refractivity contribution is 5.95. The standard InChI is InChI=1S/C31H39F2N3O4/c1-39-19-28-23(16-22-4-2-3-5-26(22)35-28)13-15-34-30(38)25-17-31(32,33)14-12-27(25)36-29(37)21-8-10-24(11-9-21)40-18-20-6-7-20/h2-5,8-11,20,23,25,27-28,35H,6-7,12-19H2,1H3,(H,34,38)(H,36,37)/t23-,25-,27+,28-/m0/s1. The fraction of sp³-hybridized carbons (Fsp3) is 0.548. The molecule has 1 aliphatic heterocycles. The first-order valence-corrected chi connectivity index (χ1v) is 14.3. The van der Waals surface area contributed by atoms with E-state index in [0.717, 1.165) is 12.1 Å². The van der Waals surface area contributed by atoms with Gasteiger partial charge in [0.1, 0.15) is 5.75 Å². The second-order valence-electron chi connectivity index (χ2n) is 11.5. The van der Waals surface area contributed by atoms with Gasteiger partial charge in [0.15, 0.2) is 0 Å². The summed E-state index contributed by atoms with van der Waals surface area (Å²) in [5, 5.41) is 9.28. The number of carbonyl (C=O) groups excluding carboxylic acids is 2. The molecule has 4 atom stereocenters. The second kappa shape index (κ2) is 12.5. The molecule has 40 heavy (non-hydrogen) atoms. The van der Waals surface area contributed by atoms with Gasteiger partial charge in [-0.3, -0.25) is 9.59 Å². The molecular formula is C31H39F2N3O4. The molecule has 0 saturated heterocycles. The molecule has 1 heterocycles. The molecule has 0 unspecified atom stereocenters. The summed E-state index contributed by atoms with van der Waals surface area (Å²) in [6, 6.07) is 14.4. The minimum atomic E-state index is -2.94. The van der Waals surface area contributed by atoms with E-state index >= 15 is 0 Å². The molecule has 2 saturated carbocycles. The molecule has 0 bridgehead atoms. The van der Waals surface area contributed by atoms with Gasteiger partial charge in [0.05, 0.1) is 25.2 Å². The van der Waals surface area contributed by atoms with Crippen LogP contribution in [0.15, 0.2) is 48.5 Å². The van der Waals surface area contributed by atoms with Gasteiger partial charge in [0, 0.05) is 43.8 Å². The Labute approximate surface area is 234 Å². The van der Waals surface area contributed by atoms with Crippen molar-refractivity contribution < 1.29 is 27.8 Å². The van der Waals surface area contributed by atoms with Crippen LogP contribution in [0, 0.1) is 17.8 Å². The van der Waals surface area contributed by atoms with Crippen molar-refractivity contribution in [1.29, 1.82) is 0 Å². The van der Waals surface area contributed by atoms with Crippen LogP contribution in [0.2, 0.25) is 0 Å². The van der Waals surface area contributed by atoms with Gasteiger partial charge in [-0.2, -0.15) is 0 Å². The number of benzene rings is 2. The van der Waals surface area contributed by atoms with Gasteiger partial charge in [-0.25, -0.2) is 8.78 Å². The third-order valence-electron chi connectivity index (χ3n) is 8.35. The predicted molar refractivity (Wildman–Crippen MR) is 149 cm³/mol. The first kappa shape index (κ1) is 28.3. The maximum absolute atomic E-state index is 14.4. The number of ether oxygens (including phenoxy) is 2. The first-order valence-electron chi connectivity index (χ1n) is 14.3. The number of methoxy groups -OCH3 is 1. The van der Waals surface area contributed by atoms with E-state index in [1.165, 1.54) is 18.4 Å². The van der Waals surface area contributed by atoms with Gasteiger partial charge in [-0.15, -0.1) is 0 Å². The average Bonchev–Trinajstić information content (AvgIpc) is 3.78. The van der Waals surface area contributed by atoms with Crippen LogP contribution in [0.25, 0.3) is 0 Å². The number of hydrogen-bond acceptors (Lipinski definition) is 5. The Hall–Kier alpha value is -3.20. The Morgan fingerprint density at radius 2 is 1.82 bits per heavy atom. The van der Waals surface area contributed by atoms with Crippen LogP contribution in [0.1, 0.15) is 54.4 Å². The number of hydrogen-bond donors (Lipinski definition) is 3. The number of para-hydroxylation sites is 1. The smallest absolute Gasteiger partial charge is 0.251 e. The van der Waals surface area contributed by atoms with Crippen LogP contribution < -0.4 is 20.7 Å². The molecule has 2 aliphatic carbocycles. The lowest BCUT2D eigenvalue weighted by atomic mass is 9.81. The molecule has 2 aromatic rings. The van der Waals surface area contributed by atoms with Gasteiger partial charge in [-0.05, 0) is 79.8 Å². The Bertz CT molecular complexity index is 1170. The highest BCUT2D eigenvalue weighted by Crippen LogP contribution is 2.37. The van der Waals surface area contributed by atoms with E-state index in [4.69, 9.17) is 9.47 Å². The first-order chi connectivity index (χ1) is 19.3. The molecular weight excluding hydrogens is 516 g/mol. The fourth-order valence-corrected chi connectivity index (χ4v) is 5.79. The third kappa shape index (κ3) is 7.30. The van der Waals surface area contributed by atoms with Crippen LogP contribution in [0.5, 0.6) is 5.75 Å². The monoisotopic (exact) mass is 555 g/mol. The summed E-state index contributed by atoms with van der Waals surface area (Å²) >= 11 is 0. The summed E-state index contributed by atoms with van der Waals surface area (Å²) in [5.74, 6) is -3.23. The predicted octanol–water partition coefficient (Wildman–Crippen LogP) is 4.81. The van der Waals surface area contributed by atoms with E-state index in [1.807, 2.05) is 18.2 Å². The Morgan fingerprint density at radius 3 is 2.58 bits per heavy atom. The molecule has 0 spiro atoms. The van der Waals surface area contributed by atoms with Gasteiger partial charge >= 0.3 is 0 Å². The summed E-state index contributed by atoms with van der Waals surface area (Å²) in [6.07, 6.45) is 3.00. The lowest BCUT2D eigenvalue weighted by Crippen LogP contribution is -2.52. The highest BCUT2D eigenvalue weighted by atomic mass is 19.3. The molecule has 0 aromatic heterocycles. The Kier molecular flexibility index (Phi) is 8.88. The molecule has 216 valence electrons. The number of halogens is 2. The molecule has 2 amide bonds. The molecule has 2 aromatic carbocycles. The van der Waals surface area contributed by atoms with Crippen molar-refractivity contribution in [3.63, 3.8) is 0 Å². The fourth-order valence-electron chi connectivity index (χ4n) is 5.79. The number of rotatable bonds is 11. The summed E-state index contributed by atoms with van der Waals surface area (Å²) in [6.45, 7) is 1.57. The van der Waals surface area contributed by atoms with Crippen molar-refractivity contribution in [3.05, 3.63) is 59.7 Å². The maximum Gasteiger partial charge on any atom is 0.251 e. The summed E-state index contributed by atoms with van der Waals surface area (Å²) in [5.41, 5.74) is 2.71. The normalized spacial score (nSPS) is 25.3. The van der Waals surface area contributed by atoms with Crippen molar-refractivity contribution in [1.82, 2.24) is 10.6 Å². The van der Waals surface area contributed by atoms with Crippen LogP contribution >= 0.6 is 0 Å². The number of anilines is 1. The second-order valence-corrected chi connectivity index (χ2v) is 11.5. The van der Waals surface area contributed by atoms with Crippen molar-refractivity contribution in [3.8, 4) is 5.75 Å². The minimum absolute atomic E-state index is 0.0403. The molecule has 3 N–H and O–H groups in total. The Balaban J connectivity index is 1.16. The van der Waals surface area contributed by atoms with Crippen molar-refractivity contribution in [2.75, 3.05) is 32.2 Å². The van der Waals surface area contributed by atoms with Crippen molar-refractivity contribution >= 4 is 17.5 Å². The number of fused-ring (bicyclic) bond motifs is 1. The van der Waals surface area contributed by atoms with E-state index in [9.17, 15) is 18.4 Å². The Morgan fingerprint density at radius 1 is 1.05 bits per heavy atom. The van der Waals surface area contributed by atoms with E-state index in [0.29, 0.717) is 43.4 Å². The van der Waals surface area contributed by atoms with E-state index in [2.05, 4.69) is 22.0 Å². The largest absolute Gasteiger partial charge is 0.493 e. The summed E-state index contributed by atoms with van der Waals surface area (Å²) in [4.78, 5) is 26.1. The van der Waals surface area contributed by atoms with Crippen LogP contribution in [0.3, 0.4) is 0 Å². The van der Waals surface area contributed by atoms with Gasteiger partial charge in [0.2, 0.25) is 11.8 Å². The van der Waals surface area contributed by atoms with Crippen LogP contribution in [-0.2, 0) is 16.0 Å². The van der Waals surface area contributed by atoms with Crippen LogP contribution in [0.4, 0.5) is 14.5 Å². The van der Waals surface area contributed by atoms with Crippen LogP contribution in [-0.4, -0.2) is 56.7 Å². The zero-order valence-electron chi connectivity index (χ0n) is 23.0. The SMILES string of the molecule is COC[C@@H]1Nc2ccccc2C[C@@H]1CCNC(=O)[C@H]1CC(F)(F)CC[C@H]1NC(=O)c1ccc(OCC2CC2)cc1. The number of amides is 2. The quantitative estimate of drug-likeness (QED) is 0.370. The third-order valence-corrected chi connectivity index (χ3v) is 8.35. The molecule has 2 fully saturated rings. The number of nitrogens with one attached hydrogen (secondary N) is 3. The number of carbonyl (C=O) groups is 2. The lowest BCUT2D eigenvalue weighted by Gasteiger charge is -2.36. The van der Waals surface area contributed by atoms with Crippen molar-refractivity contribution in [2.45, 2.75) is 63.0 Å². The average molecular weight is 556 g/mol. The molecule has 3 aliphatic rings. The molecule has 7 nitrogen and oxygen atoms in total. The number of alkyl halides is 2. The topological polar surface area (TPSA) is 88.7 Å². The summed E-state index contributed by atoms with van der Waals surface area (Å²) in [7, 11) is 1.66. The zero-order chi connectivity index (χ0) is 28.1. The van der Waals surface area contributed by atoms with Gasteiger partial charge in [0.25, 0.3) is 5.91 Å². The van der Waals surface area contributed by atoms with Gasteiger partial charge < -0.3 is 25.4 Å². The zero-order valence-corrected chi connectivity index (χ0v) is 23.0. The highest BCUT2D eigenvalue weighted by Gasteiger charge is 2.45. The molecule has 9 heteroatoms. The van der Waals surface area contributed by atoms with E-state index in [1.54, 1.807) is 31.4 Å². The summed E-state index contributed by atoms with van der Waals surface area (Å²) < 4.78 is 39.9. The molecule has 5 rings (SSSR count). The van der Waals surface area contributed by atoms with Gasteiger partial charge in [-0.1, -0.05) is 18.2 Å². The maximum atomic E-state index is 14.4. The molecule has 0 radical (unpaired) electrons.